The van der Waals surface area contributed by atoms with Crippen LogP contribution in [0.1, 0.15) is 49.9 Å². The molecule has 0 radical (unpaired) electrons. The van der Waals surface area contributed by atoms with Gasteiger partial charge in [0.2, 0.25) is 0 Å². The van der Waals surface area contributed by atoms with Crippen molar-refractivity contribution >= 4 is 189 Å². The highest BCUT2D eigenvalue weighted by molar-refractivity contribution is 9.10. The number of ketones is 1. The molecule has 0 bridgehead atoms. The summed E-state index contributed by atoms with van der Waals surface area (Å²) in [5, 5.41) is 73.2. The maximum atomic E-state index is 15.3. The number of esters is 1. The summed E-state index contributed by atoms with van der Waals surface area (Å²) in [6, 6.07) is 97.3. The van der Waals surface area contributed by atoms with E-state index in [1.165, 1.54) is 43.9 Å². The van der Waals surface area contributed by atoms with Crippen molar-refractivity contribution in [3.05, 3.63) is 300 Å². The maximum absolute atomic E-state index is 15.3. The Labute approximate surface area is 622 Å². The fourth-order valence-electron chi connectivity index (χ4n) is 18.6. The second kappa shape index (κ2) is 24.0. The number of aliphatic hydroxyl groups is 3. The molecular formula is C96H69BrO10. The van der Waals surface area contributed by atoms with Crippen LogP contribution in [-0.2, 0) is 44.5 Å². The van der Waals surface area contributed by atoms with Crippen LogP contribution in [0.5, 0.6) is 0 Å². The number of Topliss-reactive ketones (excluding diaryl/α,β-unsaturated/α-hetero) is 1. The van der Waals surface area contributed by atoms with Crippen molar-refractivity contribution in [3.8, 4) is 0 Å². The lowest BCUT2D eigenvalue weighted by Crippen LogP contribution is -2.55. The van der Waals surface area contributed by atoms with Crippen LogP contribution in [0, 0.1) is 0 Å². The van der Waals surface area contributed by atoms with Crippen LogP contribution in [0.25, 0.3) is 162 Å². The number of carbonyl (C=O) groups is 2. The fourth-order valence-corrected chi connectivity index (χ4v) is 19.1. The third kappa shape index (κ3) is 9.76. The summed E-state index contributed by atoms with van der Waals surface area (Å²) < 4.78 is 31.1. The van der Waals surface area contributed by atoms with E-state index in [2.05, 4.69) is 294 Å². The Morgan fingerprint density at radius 3 is 0.832 bits per heavy atom. The molecule has 4 atom stereocenters. The zero-order chi connectivity index (χ0) is 72.7. The molecule has 2 heterocycles. The third-order valence-corrected chi connectivity index (χ3v) is 23.8. The monoisotopic (exact) mass is 1460 g/mol. The molecule has 0 aliphatic carbocycles. The van der Waals surface area contributed by atoms with Crippen molar-refractivity contribution in [1.82, 2.24) is 0 Å². The highest BCUT2D eigenvalue weighted by Crippen LogP contribution is 2.57. The molecule has 0 spiro atoms. The molecule has 0 saturated carbocycles. The number of hydrogen-bond donors (Lipinski definition) is 3. The molecule has 0 amide bonds. The lowest BCUT2D eigenvalue weighted by atomic mass is 9.68. The van der Waals surface area contributed by atoms with Crippen LogP contribution < -0.4 is 0 Å². The van der Waals surface area contributed by atoms with E-state index >= 15 is 10.2 Å². The van der Waals surface area contributed by atoms with Crippen LogP contribution in [-0.4, -0.2) is 76.8 Å². The summed E-state index contributed by atoms with van der Waals surface area (Å²) >= 11 is 3.64. The van der Waals surface area contributed by atoms with Gasteiger partial charge in [-0.25, -0.2) is 4.79 Å². The van der Waals surface area contributed by atoms with Crippen molar-refractivity contribution in [2.24, 2.45) is 0 Å². The summed E-state index contributed by atoms with van der Waals surface area (Å²) in [4.78, 5) is 22.5. The summed E-state index contributed by atoms with van der Waals surface area (Å²) in [7, 11) is 1.19. The molecule has 2 fully saturated rings. The molecule has 0 aromatic heterocycles. The molecule has 2 saturated heterocycles. The summed E-state index contributed by atoms with van der Waals surface area (Å²) in [5.41, 5.74) is -1.24. The summed E-state index contributed by atoms with van der Waals surface area (Å²) in [6.45, 7) is 6.30. The molecule has 22 rings (SSSR count). The van der Waals surface area contributed by atoms with E-state index in [-0.39, 0.29) is 0 Å². The van der Waals surface area contributed by atoms with E-state index < -0.39 is 65.6 Å². The number of halogens is 1. The molecule has 107 heavy (non-hydrogen) atoms. The highest BCUT2D eigenvalue weighted by atomic mass is 79.9. The lowest BCUT2D eigenvalue weighted by molar-refractivity contribution is -0.172. The van der Waals surface area contributed by atoms with Gasteiger partial charge in [-0.1, -0.05) is 283 Å². The molecular weight excluding hydrogens is 1390 g/mol. The Bertz CT molecular complexity index is 6300. The molecule has 11 heteroatoms. The van der Waals surface area contributed by atoms with Gasteiger partial charge >= 0.3 is 5.97 Å². The molecule has 0 unspecified atom stereocenters. The van der Waals surface area contributed by atoms with E-state index in [9.17, 15) is 9.59 Å². The number of hydrogen-bond acceptors (Lipinski definition) is 10. The van der Waals surface area contributed by atoms with E-state index in [1.54, 1.807) is 13.8 Å². The SMILES string of the molecule is Brc1ccc2ccc3cccc4ccc1c2c34.CC1(C)O[C@@H](C(O)(c2ccc3ccc4cccc5ccc2c3c45)c2ccc3ccc4cccc5ccc2c3c45)[C@H](C(O)(c2ccc3ccc4cccc5ccc2c3c45)c2ccc3ccc4cccc5ccc2c3c45)O1.COC(=O)[C@@H]1OC(C)(C)O[C@H]1C(=O)CO. The number of rotatable bonds is 9. The Balaban J connectivity index is 0.000000194. The average molecular weight is 1460 g/mol. The molecule has 20 aromatic carbocycles. The second-order valence-corrected chi connectivity index (χ2v) is 30.8. The zero-order valence-corrected chi connectivity index (χ0v) is 60.7. The third-order valence-electron chi connectivity index (χ3n) is 23.2. The molecule has 2 aliphatic heterocycles. The average Bonchev–Trinajstić information content (AvgIpc) is 1.67. The molecule has 520 valence electrons. The number of aliphatic hydroxyl groups excluding tert-OH is 1. The Morgan fingerprint density at radius 2 is 0.551 bits per heavy atom. The summed E-state index contributed by atoms with van der Waals surface area (Å²) in [6.07, 6.45) is -4.64. The normalized spacial score (nSPS) is 17.7. The van der Waals surface area contributed by atoms with E-state index in [0.717, 1.165) is 129 Å². The van der Waals surface area contributed by atoms with E-state index in [1.807, 2.05) is 13.8 Å². The molecule has 10 nitrogen and oxygen atoms in total. The molecule has 20 aromatic rings. The van der Waals surface area contributed by atoms with E-state index in [0.29, 0.717) is 22.3 Å². The molecule has 2 aliphatic rings. The van der Waals surface area contributed by atoms with Gasteiger partial charge in [0.05, 0.1) is 7.11 Å². The number of methoxy groups -OCH3 is 1. The molecule has 3 N–H and O–H groups in total. The second-order valence-electron chi connectivity index (χ2n) is 29.9. The van der Waals surface area contributed by atoms with Crippen LogP contribution >= 0.6 is 15.9 Å². The van der Waals surface area contributed by atoms with Gasteiger partial charge in [0.25, 0.3) is 0 Å². The largest absolute Gasteiger partial charge is 0.467 e. The number of benzene rings is 20. The van der Waals surface area contributed by atoms with Crippen LogP contribution in [0.15, 0.2) is 277 Å². The van der Waals surface area contributed by atoms with Gasteiger partial charge in [0.1, 0.15) is 30.0 Å². The Hall–Kier alpha value is -11.1. The minimum absolute atomic E-state index is 0.601. The summed E-state index contributed by atoms with van der Waals surface area (Å²) in [5.74, 6) is -3.62. The van der Waals surface area contributed by atoms with E-state index in [4.69, 9.17) is 24.1 Å². The maximum Gasteiger partial charge on any atom is 0.338 e. The standard InChI is InChI=1S/C71H46O4.C16H9Br.C9H14O6/c1-69(2)74-67(70(72,55-35-27-47-19-15-39-7-3-11-43-23-31-51(55)63(47)59(39)43)56-36-28-48-20-16-40-8-4-12-44-24-32-52(56)64(48)60(40)44)68(75-69)71(73,57-37-29-49-21-17-41-9-5-13-45-25-33-53(57)65(49)61(41)45)58-38-30-50-22-18-42-10-6-14-46-26-34-54(58)66(50)62(42)46;17-14-9-7-12-5-4-10-2-1-3-11-6-8-13(14)16(12)15(10)11;1-9(2)14-6(5(11)4-10)7(15-9)8(12)13-3/h3-38,67-68,72-73H,1-2H3;1-9H;6-7,10H,4H2,1-3H3/t67-,68-;;6-,7+/m1.0/s1. The predicted molar refractivity (Wildman–Crippen MR) is 436 cm³/mol. The highest BCUT2D eigenvalue weighted by Gasteiger charge is 2.63. The quantitative estimate of drug-likeness (QED) is 0.0945. The van der Waals surface area contributed by atoms with Gasteiger partial charge in [-0.3, -0.25) is 4.79 Å². The van der Waals surface area contributed by atoms with Gasteiger partial charge in [-0.05, 0) is 218 Å². The first-order chi connectivity index (χ1) is 51.9. The first-order valence-corrected chi connectivity index (χ1v) is 37.1. The van der Waals surface area contributed by atoms with Crippen molar-refractivity contribution in [2.45, 2.75) is 74.9 Å². The fraction of sp³-hybridized carbons (Fsp3) is 0.146. The van der Waals surface area contributed by atoms with Crippen molar-refractivity contribution < 1.29 is 48.6 Å². The predicted octanol–water partition coefficient (Wildman–Crippen LogP) is 21.6. The van der Waals surface area contributed by atoms with Gasteiger partial charge in [-0.2, -0.15) is 0 Å². The van der Waals surface area contributed by atoms with Crippen molar-refractivity contribution in [2.75, 3.05) is 13.7 Å². The number of carbonyl (C=O) groups excluding carboxylic acids is 2. The van der Waals surface area contributed by atoms with Crippen LogP contribution in [0.2, 0.25) is 0 Å². The van der Waals surface area contributed by atoms with Gasteiger partial charge < -0.3 is 39.0 Å². The van der Waals surface area contributed by atoms with Gasteiger partial charge in [-0.15, -0.1) is 0 Å². The minimum Gasteiger partial charge on any atom is -0.467 e. The lowest BCUT2D eigenvalue weighted by Gasteiger charge is -2.44. The Kier molecular flexibility index (Phi) is 14.7. The van der Waals surface area contributed by atoms with Crippen LogP contribution in [0.4, 0.5) is 0 Å². The van der Waals surface area contributed by atoms with Gasteiger partial charge in [0, 0.05) is 4.47 Å². The first kappa shape index (κ1) is 65.5. The minimum atomic E-state index is -1.97. The Morgan fingerprint density at radius 1 is 0.327 bits per heavy atom. The first-order valence-electron chi connectivity index (χ1n) is 36.3. The van der Waals surface area contributed by atoms with Crippen LogP contribution in [0.3, 0.4) is 0 Å². The topological polar surface area (TPSA) is 141 Å². The van der Waals surface area contributed by atoms with Crippen molar-refractivity contribution in [3.63, 3.8) is 0 Å². The zero-order valence-electron chi connectivity index (χ0n) is 59.1. The van der Waals surface area contributed by atoms with Crippen molar-refractivity contribution in [1.29, 1.82) is 0 Å². The van der Waals surface area contributed by atoms with Gasteiger partial charge in [0.15, 0.2) is 29.6 Å². The smallest absolute Gasteiger partial charge is 0.338 e. The number of ether oxygens (including phenoxy) is 5.